The number of hydrogen-bond donors (Lipinski definition) is 1. The van der Waals surface area contributed by atoms with Crippen LogP contribution in [0.15, 0.2) is 0 Å². The number of rotatable bonds is 6. The maximum Gasteiger partial charge on any atom is 0.237 e. The van der Waals surface area contributed by atoms with Crippen molar-refractivity contribution in [3.63, 3.8) is 0 Å². The molecule has 0 saturated heterocycles. The van der Waals surface area contributed by atoms with Crippen molar-refractivity contribution in [3.8, 4) is 0 Å². The molecule has 0 aromatic heterocycles. The number of hydrogen-bond acceptors (Lipinski definition) is 2. The zero-order valence-electron chi connectivity index (χ0n) is 10.3. The molecule has 1 N–H and O–H groups in total. The van der Waals surface area contributed by atoms with E-state index in [2.05, 4.69) is 0 Å². The molecule has 4 heteroatoms. The van der Waals surface area contributed by atoms with Gasteiger partial charge in [0.15, 0.2) is 0 Å². The minimum Gasteiger partial charge on any atom is -0.396 e. The highest BCUT2D eigenvalue weighted by Gasteiger charge is 2.13. The first-order chi connectivity index (χ1) is 7.15. The van der Waals surface area contributed by atoms with Crippen LogP contribution in [0, 0.1) is 5.92 Å². The fourth-order valence-electron chi connectivity index (χ4n) is 1.18. The van der Waals surface area contributed by atoms with Gasteiger partial charge in [0, 0.05) is 19.7 Å². The van der Waals surface area contributed by atoms with Crippen molar-refractivity contribution >= 4 is 17.5 Å². The Labute approximate surface area is 98.4 Å². The van der Waals surface area contributed by atoms with Crippen LogP contribution >= 0.6 is 11.6 Å². The van der Waals surface area contributed by atoms with E-state index in [1.165, 1.54) is 0 Å². The van der Waals surface area contributed by atoms with E-state index in [-0.39, 0.29) is 18.4 Å². The minimum absolute atomic E-state index is 0.0334. The van der Waals surface area contributed by atoms with Gasteiger partial charge in [0.05, 0.1) is 0 Å². The van der Waals surface area contributed by atoms with E-state index in [0.717, 1.165) is 6.42 Å². The quantitative estimate of drug-likeness (QED) is 0.719. The molecule has 15 heavy (non-hydrogen) atoms. The maximum absolute atomic E-state index is 11.2. The highest BCUT2D eigenvalue weighted by Crippen LogP contribution is 2.05. The normalized spacial score (nSPS) is 11.3. The lowest BCUT2D eigenvalue weighted by Crippen LogP contribution is -2.35. The Morgan fingerprint density at radius 2 is 2.00 bits per heavy atom. The fraction of sp³-hybridized carbons (Fsp3) is 0.909. The van der Waals surface area contributed by atoms with E-state index in [1.54, 1.807) is 4.90 Å². The SMILES string of the molecule is CC.CCN(C[C@@H](C)CCO)C(=O)CCl. The molecular formula is C11H24ClNO2. The van der Waals surface area contributed by atoms with Gasteiger partial charge < -0.3 is 10.0 Å². The summed E-state index contributed by atoms with van der Waals surface area (Å²) in [7, 11) is 0. The molecule has 0 heterocycles. The third-order valence-electron chi connectivity index (χ3n) is 2.00. The van der Waals surface area contributed by atoms with Gasteiger partial charge in [0.25, 0.3) is 0 Å². The van der Waals surface area contributed by atoms with Crippen LogP contribution in [0.3, 0.4) is 0 Å². The molecular weight excluding hydrogens is 214 g/mol. The van der Waals surface area contributed by atoms with Gasteiger partial charge in [0.2, 0.25) is 5.91 Å². The molecule has 0 aromatic rings. The van der Waals surface area contributed by atoms with Crippen molar-refractivity contribution in [2.45, 2.75) is 34.1 Å². The van der Waals surface area contributed by atoms with Crippen LogP contribution in [-0.4, -0.2) is 41.5 Å². The van der Waals surface area contributed by atoms with Gasteiger partial charge in [-0.1, -0.05) is 20.8 Å². The first-order valence-corrected chi connectivity index (χ1v) is 6.13. The summed E-state index contributed by atoms with van der Waals surface area (Å²) in [6.07, 6.45) is 0.728. The van der Waals surface area contributed by atoms with Gasteiger partial charge in [-0.15, -0.1) is 11.6 Å². The van der Waals surface area contributed by atoms with E-state index in [0.29, 0.717) is 19.0 Å². The summed E-state index contributed by atoms with van der Waals surface area (Å²) in [6, 6.07) is 0. The number of halogens is 1. The number of aliphatic hydroxyl groups excluding tert-OH is 1. The summed E-state index contributed by atoms with van der Waals surface area (Å²) in [5.41, 5.74) is 0. The van der Waals surface area contributed by atoms with E-state index in [1.807, 2.05) is 27.7 Å². The summed E-state index contributed by atoms with van der Waals surface area (Å²) in [4.78, 5) is 12.9. The molecule has 0 unspecified atom stereocenters. The number of amides is 1. The lowest BCUT2D eigenvalue weighted by atomic mass is 10.1. The fourth-order valence-corrected chi connectivity index (χ4v) is 1.35. The van der Waals surface area contributed by atoms with Crippen molar-refractivity contribution in [3.05, 3.63) is 0 Å². The van der Waals surface area contributed by atoms with E-state index < -0.39 is 0 Å². The highest BCUT2D eigenvalue weighted by atomic mass is 35.5. The van der Waals surface area contributed by atoms with Gasteiger partial charge in [-0.3, -0.25) is 4.79 Å². The van der Waals surface area contributed by atoms with Crippen molar-refractivity contribution in [1.82, 2.24) is 4.90 Å². The Morgan fingerprint density at radius 3 is 2.33 bits per heavy atom. The molecule has 0 aliphatic heterocycles. The second-order valence-electron chi connectivity index (χ2n) is 3.18. The van der Waals surface area contributed by atoms with Gasteiger partial charge in [0.1, 0.15) is 5.88 Å². The zero-order valence-corrected chi connectivity index (χ0v) is 11.0. The second-order valence-corrected chi connectivity index (χ2v) is 3.45. The largest absolute Gasteiger partial charge is 0.396 e. The highest BCUT2D eigenvalue weighted by molar-refractivity contribution is 6.27. The second kappa shape index (κ2) is 11.8. The predicted octanol–water partition coefficient (Wildman–Crippen LogP) is 2.12. The molecule has 1 atom stereocenters. The molecule has 92 valence electrons. The molecule has 0 fully saturated rings. The van der Waals surface area contributed by atoms with E-state index in [9.17, 15) is 4.79 Å². The van der Waals surface area contributed by atoms with Crippen LogP contribution < -0.4 is 0 Å². The predicted molar refractivity (Wildman–Crippen MR) is 65.2 cm³/mol. The monoisotopic (exact) mass is 237 g/mol. The summed E-state index contributed by atoms with van der Waals surface area (Å²) < 4.78 is 0. The van der Waals surface area contributed by atoms with Crippen molar-refractivity contribution < 1.29 is 9.90 Å². The lowest BCUT2D eigenvalue weighted by Gasteiger charge is -2.23. The van der Waals surface area contributed by atoms with Gasteiger partial charge in [-0.2, -0.15) is 0 Å². The first kappa shape index (κ1) is 17.1. The minimum atomic E-state index is -0.0334. The summed E-state index contributed by atoms with van der Waals surface area (Å²) in [6.45, 7) is 9.48. The van der Waals surface area contributed by atoms with E-state index >= 15 is 0 Å². The molecule has 0 saturated carbocycles. The molecule has 0 rings (SSSR count). The van der Waals surface area contributed by atoms with Crippen LogP contribution in [0.4, 0.5) is 0 Å². The van der Waals surface area contributed by atoms with Crippen LogP contribution in [0.2, 0.25) is 0 Å². The average molecular weight is 238 g/mol. The van der Waals surface area contributed by atoms with Crippen LogP contribution in [-0.2, 0) is 4.79 Å². The number of carbonyl (C=O) groups excluding carboxylic acids is 1. The molecule has 3 nitrogen and oxygen atoms in total. The van der Waals surface area contributed by atoms with Crippen molar-refractivity contribution in [2.75, 3.05) is 25.6 Å². The molecule has 0 aromatic carbocycles. The summed E-state index contributed by atoms with van der Waals surface area (Å²) in [5.74, 6) is 0.339. The molecule has 0 radical (unpaired) electrons. The third-order valence-corrected chi connectivity index (χ3v) is 2.23. The molecule has 0 aliphatic carbocycles. The Hall–Kier alpha value is -0.280. The first-order valence-electron chi connectivity index (χ1n) is 5.60. The topological polar surface area (TPSA) is 40.5 Å². The van der Waals surface area contributed by atoms with Gasteiger partial charge in [-0.25, -0.2) is 0 Å². The van der Waals surface area contributed by atoms with Gasteiger partial charge in [-0.05, 0) is 19.3 Å². The molecule has 0 spiro atoms. The lowest BCUT2D eigenvalue weighted by molar-refractivity contribution is -0.128. The van der Waals surface area contributed by atoms with Crippen LogP contribution in [0.1, 0.15) is 34.1 Å². The Balaban J connectivity index is 0. The number of aliphatic hydroxyl groups is 1. The third kappa shape index (κ3) is 8.70. The van der Waals surface area contributed by atoms with Crippen molar-refractivity contribution in [1.29, 1.82) is 0 Å². The Bertz CT molecular complexity index is 154. The Kier molecular flexibility index (Phi) is 13.5. The summed E-state index contributed by atoms with van der Waals surface area (Å²) >= 11 is 5.45. The standard InChI is InChI=1S/C9H18ClNO2.C2H6/c1-3-11(9(13)6-10)7-8(2)4-5-12;1-2/h8,12H,3-7H2,1-2H3;1-2H3/t8-;/m0./s1. The number of nitrogens with zero attached hydrogens (tertiary/aromatic N) is 1. The van der Waals surface area contributed by atoms with Crippen LogP contribution in [0.5, 0.6) is 0 Å². The van der Waals surface area contributed by atoms with Crippen LogP contribution in [0.25, 0.3) is 0 Å². The number of alkyl halides is 1. The Morgan fingerprint density at radius 1 is 1.47 bits per heavy atom. The van der Waals surface area contributed by atoms with Crippen molar-refractivity contribution in [2.24, 2.45) is 5.92 Å². The zero-order chi connectivity index (χ0) is 12.3. The molecule has 1 amide bonds. The average Bonchev–Trinajstić information content (AvgIpc) is 2.28. The molecule has 0 bridgehead atoms. The van der Waals surface area contributed by atoms with Gasteiger partial charge >= 0.3 is 0 Å². The maximum atomic E-state index is 11.2. The smallest absolute Gasteiger partial charge is 0.237 e. The number of carbonyl (C=O) groups is 1. The molecule has 0 aliphatic rings. The summed E-state index contributed by atoms with van der Waals surface area (Å²) in [5, 5.41) is 8.69. The van der Waals surface area contributed by atoms with E-state index in [4.69, 9.17) is 16.7 Å².